The lowest BCUT2D eigenvalue weighted by atomic mass is 10.0. The number of aromatic nitrogens is 1. The van der Waals surface area contributed by atoms with Crippen LogP contribution in [0.2, 0.25) is 0 Å². The highest BCUT2D eigenvalue weighted by Crippen LogP contribution is 2.49. The number of pyridine rings is 1. The van der Waals surface area contributed by atoms with Gasteiger partial charge in [0.05, 0.1) is 25.4 Å². The standard InChI is InChI=1S/C25H27NO4/c1-18-14-22(30-17-23-16-28-12-13-29-23)15-24(27)26(18)25(10-11-25)21-8-6-20(7-9-21)5-4-19-2-3-19/h6-9,14-15,19,23H,2-3,10-13,16-17H2,1H3. The van der Waals surface area contributed by atoms with Crippen LogP contribution in [0.5, 0.6) is 5.75 Å². The molecule has 0 bridgehead atoms. The highest BCUT2D eigenvalue weighted by atomic mass is 16.6. The van der Waals surface area contributed by atoms with Crippen molar-refractivity contribution in [3.8, 4) is 17.6 Å². The van der Waals surface area contributed by atoms with Gasteiger partial charge >= 0.3 is 0 Å². The number of rotatable bonds is 5. The van der Waals surface area contributed by atoms with Crippen LogP contribution in [0, 0.1) is 24.7 Å². The number of aryl methyl sites for hydroxylation is 1. The van der Waals surface area contributed by atoms with Gasteiger partial charge in [-0.15, -0.1) is 0 Å². The number of benzene rings is 1. The minimum Gasteiger partial charge on any atom is -0.491 e. The van der Waals surface area contributed by atoms with E-state index in [2.05, 4.69) is 36.1 Å². The minimum atomic E-state index is -0.248. The number of hydrogen-bond donors (Lipinski definition) is 0. The van der Waals surface area contributed by atoms with E-state index < -0.39 is 0 Å². The van der Waals surface area contributed by atoms with Crippen molar-refractivity contribution in [2.45, 2.75) is 44.2 Å². The van der Waals surface area contributed by atoms with Crippen molar-refractivity contribution in [2.24, 2.45) is 5.92 Å². The first-order chi connectivity index (χ1) is 14.6. The van der Waals surface area contributed by atoms with Gasteiger partial charge < -0.3 is 18.8 Å². The Morgan fingerprint density at radius 2 is 1.97 bits per heavy atom. The lowest BCUT2D eigenvalue weighted by molar-refractivity contribution is -0.101. The van der Waals surface area contributed by atoms with Gasteiger partial charge in [0.25, 0.3) is 5.56 Å². The molecule has 2 aliphatic carbocycles. The predicted octanol–water partition coefficient (Wildman–Crippen LogP) is 3.25. The molecule has 1 atom stereocenters. The van der Waals surface area contributed by atoms with Crippen LogP contribution in [0.25, 0.3) is 0 Å². The molecule has 30 heavy (non-hydrogen) atoms. The summed E-state index contributed by atoms with van der Waals surface area (Å²) in [5, 5.41) is 0. The van der Waals surface area contributed by atoms with Crippen molar-refractivity contribution in [3.05, 3.63) is 63.6 Å². The topological polar surface area (TPSA) is 49.7 Å². The SMILES string of the molecule is Cc1cc(OCC2COCCO2)cc(=O)n1C1(c2ccc(C#CC3CC3)cc2)CC1. The molecule has 5 rings (SSSR count). The first kappa shape index (κ1) is 19.4. The molecule has 1 aromatic carbocycles. The Morgan fingerprint density at radius 3 is 2.60 bits per heavy atom. The summed E-state index contributed by atoms with van der Waals surface area (Å²) in [6.45, 7) is 4.10. The van der Waals surface area contributed by atoms with Crippen LogP contribution >= 0.6 is 0 Å². The van der Waals surface area contributed by atoms with Gasteiger partial charge in [0.1, 0.15) is 18.5 Å². The van der Waals surface area contributed by atoms with Crippen LogP contribution < -0.4 is 10.3 Å². The van der Waals surface area contributed by atoms with Crippen molar-refractivity contribution in [3.63, 3.8) is 0 Å². The Labute approximate surface area is 177 Å². The summed E-state index contributed by atoms with van der Waals surface area (Å²) < 4.78 is 18.8. The molecule has 3 fully saturated rings. The lowest BCUT2D eigenvalue weighted by Crippen LogP contribution is -2.34. The largest absolute Gasteiger partial charge is 0.491 e. The second kappa shape index (κ2) is 7.94. The Bertz CT molecular complexity index is 1030. The van der Waals surface area contributed by atoms with Crippen LogP contribution in [0.1, 0.15) is 42.5 Å². The van der Waals surface area contributed by atoms with Gasteiger partial charge in [-0.3, -0.25) is 4.79 Å². The molecule has 0 N–H and O–H groups in total. The van der Waals surface area contributed by atoms with Crippen LogP contribution in [-0.4, -0.2) is 37.1 Å². The molecule has 0 radical (unpaired) electrons. The number of nitrogens with zero attached hydrogens (tertiary/aromatic N) is 1. The van der Waals surface area contributed by atoms with Crippen LogP contribution in [0.4, 0.5) is 0 Å². The first-order valence-electron chi connectivity index (χ1n) is 10.8. The Morgan fingerprint density at radius 1 is 1.17 bits per heavy atom. The average Bonchev–Trinajstić information content (AvgIpc) is 3.67. The Hall–Kier alpha value is -2.55. The van der Waals surface area contributed by atoms with Gasteiger partial charge in [-0.05, 0) is 56.4 Å². The average molecular weight is 405 g/mol. The fourth-order valence-corrected chi connectivity index (χ4v) is 4.16. The normalized spacial score (nSPS) is 22.1. The van der Waals surface area contributed by atoms with E-state index in [1.807, 2.05) is 17.6 Å². The first-order valence-corrected chi connectivity index (χ1v) is 10.8. The summed E-state index contributed by atoms with van der Waals surface area (Å²) in [5.41, 5.74) is 2.85. The van der Waals surface area contributed by atoms with E-state index in [9.17, 15) is 4.79 Å². The van der Waals surface area contributed by atoms with Gasteiger partial charge in [-0.2, -0.15) is 0 Å². The summed E-state index contributed by atoms with van der Waals surface area (Å²) in [6, 6.07) is 11.9. The molecule has 5 heteroatoms. The van der Waals surface area contributed by atoms with E-state index in [4.69, 9.17) is 14.2 Å². The lowest BCUT2D eigenvalue weighted by Gasteiger charge is -2.24. The quantitative estimate of drug-likeness (QED) is 0.717. The molecule has 1 aliphatic heterocycles. The second-order valence-electron chi connectivity index (χ2n) is 8.54. The minimum absolute atomic E-state index is 0.0269. The van der Waals surface area contributed by atoms with E-state index >= 15 is 0 Å². The molecule has 156 valence electrons. The molecule has 3 aliphatic rings. The van der Waals surface area contributed by atoms with Gasteiger partial charge in [0, 0.05) is 23.2 Å². The van der Waals surface area contributed by atoms with E-state index in [1.165, 1.54) is 18.4 Å². The van der Waals surface area contributed by atoms with Crippen molar-refractivity contribution < 1.29 is 14.2 Å². The molecule has 1 unspecified atom stereocenters. The summed E-state index contributed by atoms with van der Waals surface area (Å²) in [5.74, 6) is 7.75. The van der Waals surface area contributed by atoms with Gasteiger partial charge in [-0.25, -0.2) is 0 Å². The van der Waals surface area contributed by atoms with Crippen LogP contribution in [-0.2, 0) is 15.0 Å². The van der Waals surface area contributed by atoms with Crippen LogP contribution in [0.3, 0.4) is 0 Å². The third-order valence-electron chi connectivity index (χ3n) is 6.08. The molecule has 0 amide bonds. The maximum Gasteiger partial charge on any atom is 0.255 e. The van der Waals surface area contributed by atoms with Gasteiger partial charge in [0.15, 0.2) is 0 Å². The van der Waals surface area contributed by atoms with E-state index in [0.29, 0.717) is 38.1 Å². The highest BCUT2D eigenvalue weighted by molar-refractivity contribution is 5.42. The number of hydrogen-bond acceptors (Lipinski definition) is 4. The maximum atomic E-state index is 13.0. The van der Waals surface area contributed by atoms with Gasteiger partial charge in [0.2, 0.25) is 0 Å². The third-order valence-corrected chi connectivity index (χ3v) is 6.08. The van der Waals surface area contributed by atoms with Crippen molar-refractivity contribution in [2.75, 3.05) is 26.4 Å². The predicted molar refractivity (Wildman–Crippen MR) is 114 cm³/mol. The summed E-state index contributed by atoms with van der Waals surface area (Å²) >= 11 is 0. The zero-order valence-electron chi connectivity index (χ0n) is 17.4. The van der Waals surface area contributed by atoms with E-state index in [0.717, 1.165) is 24.1 Å². The molecule has 1 saturated heterocycles. The summed E-state index contributed by atoms with van der Waals surface area (Å²) in [6.07, 6.45) is 4.32. The summed E-state index contributed by atoms with van der Waals surface area (Å²) in [4.78, 5) is 13.0. The zero-order chi connectivity index (χ0) is 20.6. The Kier molecular flexibility index (Phi) is 5.14. The fourth-order valence-electron chi connectivity index (χ4n) is 4.16. The molecule has 5 nitrogen and oxygen atoms in total. The molecular formula is C25H27NO4. The number of ether oxygens (including phenoxy) is 3. The van der Waals surface area contributed by atoms with Crippen molar-refractivity contribution in [1.29, 1.82) is 0 Å². The Balaban J connectivity index is 1.34. The van der Waals surface area contributed by atoms with E-state index in [1.54, 1.807) is 6.07 Å². The molecule has 2 aromatic rings. The third kappa shape index (κ3) is 4.03. The van der Waals surface area contributed by atoms with Crippen molar-refractivity contribution >= 4 is 0 Å². The molecular weight excluding hydrogens is 378 g/mol. The summed E-state index contributed by atoms with van der Waals surface area (Å²) in [7, 11) is 0. The van der Waals surface area contributed by atoms with Crippen molar-refractivity contribution in [1.82, 2.24) is 4.57 Å². The molecule has 2 saturated carbocycles. The zero-order valence-corrected chi connectivity index (χ0v) is 17.4. The van der Waals surface area contributed by atoms with Gasteiger partial charge in [-0.1, -0.05) is 24.0 Å². The van der Waals surface area contributed by atoms with Crippen LogP contribution in [0.15, 0.2) is 41.2 Å². The maximum absolute atomic E-state index is 13.0. The fraction of sp³-hybridized carbons (Fsp3) is 0.480. The molecule has 0 spiro atoms. The monoisotopic (exact) mass is 405 g/mol. The molecule has 1 aromatic heterocycles. The second-order valence-corrected chi connectivity index (χ2v) is 8.54. The van der Waals surface area contributed by atoms with E-state index in [-0.39, 0.29) is 17.2 Å². The smallest absolute Gasteiger partial charge is 0.255 e. The molecule has 2 heterocycles. The highest BCUT2D eigenvalue weighted by Gasteiger charge is 2.47.